The maximum absolute atomic E-state index is 13.4. The van der Waals surface area contributed by atoms with Crippen molar-refractivity contribution in [3.63, 3.8) is 0 Å². The number of benzene rings is 1. The van der Waals surface area contributed by atoms with Crippen LogP contribution in [0, 0.1) is 24.7 Å². The lowest BCUT2D eigenvalue weighted by Gasteiger charge is -2.22. The minimum Gasteiger partial charge on any atom is -0.504 e. The number of β-amino-alcohol motifs (C(OH)–C–C–N with tert-alkyl or cyclic N) is 1. The highest BCUT2D eigenvalue weighted by Crippen LogP contribution is 2.40. The van der Waals surface area contributed by atoms with Crippen LogP contribution in [0.3, 0.4) is 0 Å². The number of aryl methyl sites for hydroxylation is 1. The van der Waals surface area contributed by atoms with Crippen molar-refractivity contribution in [3.05, 3.63) is 53.6 Å². The molecule has 2 unspecified atom stereocenters. The van der Waals surface area contributed by atoms with Gasteiger partial charge in [-0.2, -0.15) is 4.39 Å². The number of fused-ring (bicyclic) bond motifs is 1. The van der Waals surface area contributed by atoms with Gasteiger partial charge in [0.15, 0.2) is 5.75 Å². The summed E-state index contributed by atoms with van der Waals surface area (Å²) in [4.78, 5) is 5.86. The van der Waals surface area contributed by atoms with E-state index in [9.17, 15) is 14.6 Å². The number of pyridine rings is 1. The van der Waals surface area contributed by atoms with E-state index in [1.54, 1.807) is 0 Å². The fraction of sp³-hybridized carbons (Fsp3) is 0.476. The molecule has 4 atom stereocenters. The van der Waals surface area contributed by atoms with Crippen molar-refractivity contribution in [2.24, 2.45) is 11.8 Å². The van der Waals surface area contributed by atoms with Crippen LogP contribution in [0.25, 0.3) is 0 Å². The first-order chi connectivity index (χ1) is 13.0. The number of aliphatic hydroxyl groups excluding tert-OH is 1. The van der Waals surface area contributed by atoms with Crippen LogP contribution < -0.4 is 4.74 Å². The zero-order chi connectivity index (χ0) is 19.0. The van der Waals surface area contributed by atoms with E-state index in [0.29, 0.717) is 18.4 Å². The number of ether oxygens (including phenoxy) is 1. The van der Waals surface area contributed by atoms with Gasteiger partial charge in [-0.25, -0.2) is 4.98 Å². The second-order valence-electron chi connectivity index (χ2n) is 7.82. The molecule has 2 N–H and O–H groups in total. The molecule has 5 nitrogen and oxygen atoms in total. The van der Waals surface area contributed by atoms with Gasteiger partial charge in [0.25, 0.3) is 5.95 Å². The third-order valence-corrected chi connectivity index (χ3v) is 5.73. The van der Waals surface area contributed by atoms with Crippen LogP contribution in [-0.2, 0) is 0 Å². The van der Waals surface area contributed by atoms with E-state index in [4.69, 9.17) is 4.74 Å². The SMILES string of the molecule is Cc1ccc(OC2C[C@@H]3CN(CC(O)c4ccc(O)c(F)n4)C[C@@H]3C2)cc1. The molecule has 1 saturated heterocycles. The summed E-state index contributed by atoms with van der Waals surface area (Å²) in [6.07, 6.45) is 1.44. The summed E-state index contributed by atoms with van der Waals surface area (Å²) in [5.74, 6) is 0.620. The molecule has 0 amide bonds. The van der Waals surface area contributed by atoms with Crippen molar-refractivity contribution in [1.82, 2.24) is 9.88 Å². The number of aromatic nitrogens is 1. The summed E-state index contributed by atoms with van der Waals surface area (Å²) in [5.41, 5.74) is 1.48. The summed E-state index contributed by atoms with van der Waals surface area (Å²) < 4.78 is 19.5. The zero-order valence-corrected chi connectivity index (χ0v) is 15.4. The number of hydrogen-bond donors (Lipinski definition) is 2. The fourth-order valence-corrected chi connectivity index (χ4v) is 4.36. The molecule has 2 aromatic rings. The molecule has 2 aliphatic rings. The third kappa shape index (κ3) is 4.06. The van der Waals surface area contributed by atoms with Gasteiger partial charge in [0.05, 0.1) is 11.8 Å². The molecule has 1 aliphatic heterocycles. The Morgan fingerprint density at radius 1 is 1.15 bits per heavy atom. The summed E-state index contributed by atoms with van der Waals surface area (Å²) in [5, 5.41) is 19.6. The van der Waals surface area contributed by atoms with Gasteiger partial charge in [-0.05, 0) is 55.9 Å². The molecular weight excluding hydrogens is 347 g/mol. The molecule has 4 rings (SSSR count). The Morgan fingerprint density at radius 3 is 2.44 bits per heavy atom. The van der Waals surface area contributed by atoms with E-state index in [-0.39, 0.29) is 11.8 Å². The van der Waals surface area contributed by atoms with Crippen LogP contribution in [0.5, 0.6) is 11.5 Å². The Balaban J connectivity index is 1.29. The molecule has 144 valence electrons. The van der Waals surface area contributed by atoms with Gasteiger partial charge in [0, 0.05) is 19.6 Å². The van der Waals surface area contributed by atoms with Gasteiger partial charge < -0.3 is 14.9 Å². The number of rotatable bonds is 5. The Bertz CT molecular complexity index is 785. The molecule has 1 aliphatic carbocycles. The van der Waals surface area contributed by atoms with E-state index < -0.39 is 17.8 Å². The Kier molecular flexibility index (Phi) is 5.02. The van der Waals surface area contributed by atoms with E-state index in [0.717, 1.165) is 31.7 Å². The Morgan fingerprint density at radius 2 is 1.81 bits per heavy atom. The van der Waals surface area contributed by atoms with E-state index in [2.05, 4.69) is 28.9 Å². The zero-order valence-electron chi connectivity index (χ0n) is 15.4. The fourth-order valence-electron chi connectivity index (χ4n) is 4.36. The second kappa shape index (κ2) is 7.44. The van der Waals surface area contributed by atoms with Crippen molar-refractivity contribution in [3.8, 4) is 11.5 Å². The molecule has 2 fully saturated rings. The third-order valence-electron chi connectivity index (χ3n) is 5.73. The predicted octanol–water partition coefficient (Wildman–Crippen LogP) is 3.06. The highest BCUT2D eigenvalue weighted by molar-refractivity contribution is 5.26. The molecule has 1 aromatic carbocycles. The van der Waals surface area contributed by atoms with Crippen molar-refractivity contribution < 1.29 is 19.3 Å². The molecule has 1 aromatic heterocycles. The molecule has 6 heteroatoms. The van der Waals surface area contributed by atoms with Crippen molar-refractivity contribution in [2.75, 3.05) is 19.6 Å². The standard InChI is InChI=1S/C21H25FN2O3/c1-13-2-4-16(5-3-13)27-17-8-14-10-24(11-15(14)9-17)12-20(26)18-6-7-19(25)21(22)23-18/h2-7,14-15,17,20,25-26H,8-12H2,1H3/t14-,15+,17?,20?. The van der Waals surface area contributed by atoms with E-state index in [1.165, 1.54) is 17.7 Å². The quantitative estimate of drug-likeness (QED) is 0.790. The highest BCUT2D eigenvalue weighted by atomic mass is 19.1. The predicted molar refractivity (Wildman–Crippen MR) is 99.1 cm³/mol. The van der Waals surface area contributed by atoms with Gasteiger partial charge in [0.1, 0.15) is 11.9 Å². The maximum atomic E-state index is 13.4. The van der Waals surface area contributed by atoms with Crippen molar-refractivity contribution >= 4 is 0 Å². The number of nitrogens with zero attached hydrogens (tertiary/aromatic N) is 2. The molecule has 27 heavy (non-hydrogen) atoms. The van der Waals surface area contributed by atoms with Crippen molar-refractivity contribution in [1.29, 1.82) is 0 Å². The largest absolute Gasteiger partial charge is 0.504 e. The van der Waals surface area contributed by atoms with Crippen LogP contribution in [0.4, 0.5) is 4.39 Å². The van der Waals surface area contributed by atoms with Crippen molar-refractivity contribution in [2.45, 2.75) is 32.0 Å². The van der Waals surface area contributed by atoms with Gasteiger partial charge in [0.2, 0.25) is 0 Å². The topological polar surface area (TPSA) is 65.8 Å². The monoisotopic (exact) mass is 372 g/mol. The van der Waals surface area contributed by atoms with Crippen LogP contribution in [0.15, 0.2) is 36.4 Å². The van der Waals surface area contributed by atoms with E-state index >= 15 is 0 Å². The summed E-state index contributed by atoms with van der Waals surface area (Å²) in [6, 6.07) is 10.9. The molecule has 1 saturated carbocycles. The number of aliphatic hydroxyl groups is 1. The summed E-state index contributed by atoms with van der Waals surface area (Å²) >= 11 is 0. The number of aromatic hydroxyl groups is 1. The van der Waals surface area contributed by atoms with Crippen LogP contribution in [-0.4, -0.2) is 45.8 Å². The molecule has 0 spiro atoms. The minimum absolute atomic E-state index is 0.252. The van der Waals surface area contributed by atoms with Gasteiger partial charge in [-0.3, -0.25) is 4.90 Å². The second-order valence-corrected chi connectivity index (χ2v) is 7.82. The highest BCUT2D eigenvalue weighted by Gasteiger charge is 2.42. The normalized spacial score (nSPS) is 26.1. The number of halogens is 1. The lowest BCUT2D eigenvalue weighted by atomic mass is 10.0. The first kappa shape index (κ1) is 18.2. The van der Waals surface area contributed by atoms with Crippen LogP contribution in [0.1, 0.15) is 30.2 Å². The van der Waals surface area contributed by atoms with Crippen LogP contribution >= 0.6 is 0 Å². The van der Waals surface area contributed by atoms with Gasteiger partial charge in [-0.15, -0.1) is 0 Å². The first-order valence-corrected chi connectivity index (χ1v) is 9.47. The lowest BCUT2D eigenvalue weighted by Crippen LogP contribution is -2.29. The molecule has 0 radical (unpaired) electrons. The van der Waals surface area contributed by atoms with Gasteiger partial charge >= 0.3 is 0 Å². The molecular formula is C21H25FN2O3. The summed E-state index contributed by atoms with van der Waals surface area (Å²) in [7, 11) is 0. The smallest absolute Gasteiger partial charge is 0.255 e. The van der Waals surface area contributed by atoms with E-state index in [1.807, 2.05) is 12.1 Å². The maximum Gasteiger partial charge on any atom is 0.255 e. The summed E-state index contributed by atoms with van der Waals surface area (Å²) in [6.45, 7) is 4.31. The van der Waals surface area contributed by atoms with Gasteiger partial charge in [-0.1, -0.05) is 17.7 Å². The molecule has 2 heterocycles. The van der Waals surface area contributed by atoms with Crippen LogP contribution in [0.2, 0.25) is 0 Å². The number of likely N-dealkylation sites (tertiary alicyclic amines) is 1. The average molecular weight is 372 g/mol. The molecule has 0 bridgehead atoms. The number of hydrogen-bond acceptors (Lipinski definition) is 5. The minimum atomic E-state index is -0.944. The Labute approximate surface area is 158 Å². The lowest BCUT2D eigenvalue weighted by molar-refractivity contribution is 0.112. The average Bonchev–Trinajstić information content (AvgIpc) is 3.17. The Hall–Kier alpha value is -2.18. The first-order valence-electron chi connectivity index (χ1n) is 9.47.